The zero-order chi connectivity index (χ0) is 18.6. The minimum Gasteiger partial charge on any atom is -0.492 e. The molecule has 0 aliphatic rings. The first-order chi connectivity index (χ1) is 12.7. The third-order valence-electron chi connectivity index (χ3n) is 3.36. The van der Waals surface area contributed by atoms with Gasteiger partial charge in [-0.25, -0.2) is 8.78 Å². The second-order valence-electron chi connectivity index (χ2n) is 5.34. The average Bonchev–Trinajstić information content (AvgIpc) is 3.16. The molecular formula is C18H23F2N3O3. The Morgan fingerprint density at radius 2 is 1.96 bits per heavy atom. The number of benzene rings is 1. The molecule has 2 rings (SSSR count). The molecule has 0 aliphatic heterocycles. The fourth-order valence-electron chi connectivity index (χ4n) is 2.07. The summed E-state index contributed by atoms with van der Waals surface area (Å²) in [5, 5.41) is 6.22. The molecule has 0 fully saturated rings. The summed E-state index contributed by atoms with van der Waals surface area (Å²) in [4.78, 5) is 4.09. The van der Waals surface area contributed by atoms with Crippen LogP contribution in [-0.4, -0.2) is 39.3 Å². The molecule has 2 N–H and O–H groups in total. The molecule has 0 spiro atoms. The minimum absolute atomic E-state index is 0.280. The van der Waals surface area contributed by atoms with Gasteiger partial charge in [0.2, 0.25) is 0 Å². The zero-order valence-corrected chi connectivity index (χ0v) is 14.6. The van der Waals surface area contributed by atoms with Gasteiger partial charge in [0.05, 0.1) is 12.8 Å². The van der Waals surface area contributed by atoms with Gasteiger partial charge in [-0.05, 0) is 30.7 Å². The fourth-order valence-corrected chi connectivity index (χ4v) is 2.07. The van der Waals surface area contributed by atoms with Gasteiger partial charge in [0.25, 0.3) is 0 Å². The summed E-state index contributed by atoms with van der Waals surface area (Å²) >= 11 is 0. The largest absolute Gasteiger partial charge is 0.492 e. The lowest BCUT2D eigenvalue weighted by atomic mass is 10.3. The first kappa shape index (κ1) is 19.7. The van der Waals surface area contributed by atoms with E-state index in [1.807, 2.05) is 12.1 Å². The van der Waals surface area contributed by atoms with E-state index < -0.39 is 11.6 Å². The van der Waals surface area contributed by atoms with E-state index in [0.717, 1.165) is 24.3 Å². The van der Waals surface area contributed by atoms with Crippen LogP contribution in [0.2, 0.25) is 0 Å². The SMILES string of the molecule is CN=C(NCCCOCc1ccco1)NCCOc1ccc(F)c(F)c1. The maximum atomic E-state index is 13.1. The zero-order valence-electron chi connectivity index (χ0n) is 14.6. The number of hydrogen-bond acceptors (Lipinski definition) is 4. The van der Waals surface area contributed by atoms with Gasteiger partial charge in [-0.1, -0.05) is 0 Å². The summed E-state index contributed by atoms with van der Waals surface area (Å²) < 4.78 is 41.9. The monoisotopic (exact) mass is 367 g/mol. The molecule has 2 aromatic rings. The molecule has 0 saturated carbocycles. The van der Waals surface area contributed by atoms with E-state index in [1.54, 1.807) is 13.3 Å². The number of halogens is 2. The summed E-state index contributed by atoms with van der Waals surface area (Å²) in [6, 6.07) is 7.13. The van der Waals surface area contributed by atoms with Crippen molar-refractivity contribution < 1.29 is 22.7 Å². The van der Waals surface area contributed by atoms with Gasteiger partial charge in [0, 0.05) is 26.3 Å². The highest BCUT2D eigenvalue weighted by atomic mass is 19.2. The van der Waals surface area contributed by atoms with Gasteiger partial charge in [0.1, 0.15) is 24.7 Å². The van der Waals surface area contributed by atoms with Crippen LogP contribution in [0.5, 0.6) is 5.75 Å². The molecule has 0 radical (unpaired) electrons. The predicted molar refractivity (Wildman–Crippen MR) is 94.2 cm³/mol. The maximum Gasteiger partial charge on any atom is 0.191 e. The summed E-state index contributed by atoms with van der Waals surface area (Å²) in [7, 11) is 1.67. The first-order valence-corrected chi connectivity index (χ1v) is 8.31. The van der Waals surface area contributed by atoms with Crippen LogP contribution in [0.4, 0.5) is 8.78 Å². The first-order valence-electron chi connectivity index (χ1n) is 8.31. The Balaban J connectivity index is 1.52. The van der Waals surface area contributed by atoms with E-state index in [0.29, 0.717) is 32.3 Å². The van der Waals surface area contributed by atoms with E-state index in [9.17, 15) is 8.78 Å². The van der Waals surface area contributed by atoms with Gasteiger partial charge in [-0.15, -0.1) is 0 Å². The Bertz CT molecular complexity index is 678. The smallest absolute Gasteiger partial charge is 0.191 e. The van der Waals surface area contributed by atoms with Crippen molar-refractivity contribution in [2.24, 2.45) is 4.99 Å². The molecule has 0 unspecified atom stereocenters. The van der Waals surface area contributed by atoms with E-state index >= 15 is 0 Å². The molecule has 0 bridgehead atoms. The van der Waals surface area contributed by atoms with Crippen LogP contribution >= 0.6 is 0 Å². The molecule has 1 aromatic carbocycles. The van der Waals surface area contributed by atoms with Crippen molar-refractivity contribution in [1.29, 1.82) is 0 Å². The number of ether oxygens (including phenoxy) is 2. The van der Waals surface area contributed by atoms with Gasteiger partial charge in [0.15, 0.2) is 17.6 Å². The second kappa shape index (κ2) is 11.1. The van der Waals surface area contributed by atoms with E-state index in [-0.39, 0.29) is 12.4 Å². The lowest BCUT2D eigenvalue weighted by molar-refractivity contribution is 0.105. The van der Waals surface area contributed by atoms with Gasteiger partial charge >= 0.3 is 0 Å². The van der Waals surface area contributed by atoms with Crippen molar-refractivity contribution >= 4 is 5.96 Å². The molecule has 6 nitrogen and oxygen atoms in total. The molecule has 8 heteroatoms. The summed E-state index contributed by atoms with van der Waals surface area (Å²) in [6.45, 7) is 2.51. The number of guanidine groups is 1. The number of hydrogen-bond donors (Lipinski definition) is 2. The topological polar surface area (TPSA) is 68.0 Å². The highest BCUT2D eigenvalue weighted by Crippen LogP contribution is 2.14. The summed E-state index contributed by atoms with van der Waals surface area (Å²) in [5.41, 5.74) is 0. The Morgan fingerprint density at radius 3 is 2.69 bits per heavy atom. The predicted octanol–water partition coefficient (Wildman–Crippen LogP) is 2.71. The highest BCUT2D eigenvalue weighted by Gasteiger charge is 2.03. The van der Waals surface area contributed by atoms with Crippen LogP contribution in [0.3, 0.4) is 0 Å². The van der Waals surface area contributed by atoms with Gasteiger partial charge in [-0.3, -0.25) is 4.99 Å². The Kier molecular flexibility index (Phi) is 8.41. The van der Waals surface area contributed by atoms with Crippen molar-refractivity contribution in [3.63, 3.8) is 0 Å². The molecule has 0 amide bonds. The Morgan fingerprint density at radius 1 is 1.12 bits per heavy atom. The molecule has 0 aliphatic carbocycles. The standard InChI is InChI=1S/C18H23F2N3O3/c1-21-18(22-7-3-9-24-13-15-4-2-10-25-15)23-8-11-26-14-5-6-16(19)17(20)12-14/h2,4-6,10,12H,3,7-9,11,13H2,1H3,(H2,21,22,23). The highest BCUT2D eigenvalue weighted by molar-refractivity contribution is 5.79. The second-order valence-corrected chi connectivity index (χ2v) is 5.34. The van der Waals surface area contributed by atoms with Crippen molar-refractivity contribution in [2.75, 3.05) is 33.4 Å². The number of rotatable bonds is 10. The third kappa shape index (κ3) is 7.10. The van der Waals surface area contributed by atoms with Crippen LogP contribution in [0.1, 0.15) is 12.2 Å². The molecule has 142 valence electrons. The number of aliphatic imine (C=N–C) groups is 1. The van der Waals surface area contributed by atoms with E-state index in [4.69, 9.17) is 13.9 Å². The summed E-state index contributed by atoms with van der Waals surface area (Å²) in [5.74, 6) is -0.112. The van der Waals surface area contributed by atoms with Crippen molar-refractivity contribution in [2.45, 2.75) is 13.0 Å². The van der Waals surface area contributed by atoms with Crippen LogP contribution in [0.15, 0.2) is 46.0 Å². The van der Waals surface area contributed by atoms with Crippen molar-refractivity contribution in [1.82, 2.24) is 10.6 Å². The van der Waals surface area contributed by atoms with Crippen LogP contribution < -0.4 is 15.4 Å². The fraction of sp³-hybridized carbons (Fsp3) is 0.389. The van der Waals surface area contributed by atoms with Crippen LogP contribution in [0, 0.1) is 11.6 Å². The lowest BCUT2D eigenvalue weighted by Gasteiger charge is -2.12. The van der Waals surface area contributed by atoms with Gasteiger partial charge in [-0.2, -0.15) is 0 Å². The molecule has 1 aromatic heterocycles. The van der Waals surface area contributed by atoms with Crippen molar-refractivity contribution in [3.8, 4) is 5.75 Å². The molecular weight excluding hydrogens is 344 g/mol. The molecule has 26 heavy (non-hydrogen) atoms. The lowest BCUT2D eigenvalue weighted by Crippen LogP contribution is -2.39. The van der Waals surface area contributed by atoms with E-state index in [1.165, 1.54) is 6.07 Å². The Hall–Kier alpha value is -2.61. The number of nitrogens with zero attached hydrogens (tertiary/aromatic N) is 1. The molecule has 0 saturated heterocycles. The molecule has 0 atom stereocenters. The summed E-state index contributed by atoms with van der Waals surface area (Å²) in [6.07, 6.45) is 2.43. The number of nitrogens with one attached hydrogen (secondary N) is 2. The maximum absolute atomic E-state index is 13.1. The van der Waals surface area contributed by atoms with E-state index in [2.05, 4.69) is 15.6 Å². The molecule has 1 heterocycles. The Labute approximate surface area is 151 Å². The minimum atomic E-state index is -0.929. The number of furan rings is 1. The van der Waals surface area contributed by atoms with Crippen LogP contribution in [0.25, 0.3) is 0 Å². The third-order valence-corrected chi connectivity index (χ3v) is 3.36. The normalized spacial score (nSPS) is 11.4. The van der Waals surface area contributed by atoms with Crippen molar-refractivity contribution in [3.05, 3.63) is 54.0 Å². The average molecular weight is 367 g/mol. The quantitative estimate of drug-likeness (QED) is 0.384. The van der Waals surface area contributed by atoms with Crippen LogP contribution in [-0.2, 0) is 11.3 Å². The van der Waals surface area contributed by atoms with Gasteiger partial charge < -0.3 is 24.5 Å².